The number of amidine groups is 1. The normalized spacial score (nSPS) is 11.8. The maximum absolute atomic E-state index is 13.2. The Kier molecular flexibility index (Phi) is 3.69. The van der Waals surface area contributed by atoms with E-state index in [1.165, 1.54) is 6.07 Å². The van der Waals surface area contributed by atoms with Crippen LogP contribution in [-0.2, 0) is 0 Å². The van der Waals surface area contributed by atoms with Crippen molar-refractivity contribution in [3.05, 3.63) is 28.5 Å². The molecule has 0 heterocycles. The van der Waals surface area contributed by atoms with Gasteiger partial charge in [0.1, 0.15) is 11.5 Å². The molecule has 0 saturated heterocycles. The predicted octanol–water partition coefficient (Wildman–Crippen LogP) is 2.82. The summed E-state index contributed by atoms with van der Waals surface area (Å²) >= 11 is 8.44. The van der Waals surface area contributed by atoms with Gasteiger partial charge in [0.15, 0.2) is 5.82 Å². The minimum absolute atomic E-state index is 0.0892. The van der Waals surface area contributed by atoms with E-state index in [-0.39, 0.29) is 17.4 Å². The van der Waals surface area contributed by atoms with Crippen molar-refractivity contribution >= 4 is 39.1 Å². The number of hydrogen-bond acceptors (Lipinski definition) is 1. The highest BCUT2D eigenvalue weighted by Crippen LogP contribution is 2.24. The van der Waals surface area contributed by atoms with E-state index in [1.807, 2.05) is 0 Å². The Hall–Kier alpha value is -0.610. The van der Waals surface area contributed by atoms with Crippen molar-refractivity contribution in [2.75, 3.05) is 5.88 Å². The summed E-state index contributed by atoms with van der Waals surface area (Å²) in [4.78, 5) is 3.80. The first-order valence-electron chi connectivity index (χ1n) is 3.48. The Morgan fingerprint density at radius 1 is 1.62 bits per heavy atom. The van der Waals surface area contributed by atoms with Gasteiger partial charge in [-0.15, -0.1) is 11.6 Å². The first kappa shape index (κ1) is 10.5. The summed E-state index contributed by atoms with van der Waals surface area (Å²) < 4.78 is 13.6. The van der Waals surface area contributed by atoms with E-state index < -0.39 is 5.82 Å². The molecule has 0 aliphatic heterocycles. The Balaban J connectivity index is 3.09. The van der Waals surface area contributed by atoms with Gasteiger partial charge in [-0.25, -0.2) is 9.38 Å². The fourth-order valence-corrected chi connectivity index (χ4v) is 1.18. The van der Waals surface area contributed by atoms with Gasteiger partial charge < -0.3 is 5.73 Å². The van der Waals surface area contributed by atoms with Gasteiger partial charge in [0.25, 0.3) is 0 Å². The molecule has 1 rings (SSSR count). The lowest BCUT2D eigenvalue weighted by molar-refractivity contribution is 0.623. The minimum Gasteiger partial charge on any atom is -0.386 e. The molecule has 0 bridgehead atoms. The van der Waals surface area contributed by atoms with E-state index in [4.69, 9.17) is 17.3 Å². The quantitative estimate of drug-likeness (QED) is 0.498. The van der Waals surface area contributed by atoms with Gasteiger partial charge in [-0.3, -0.25) is 0 Å². The lowest BCUT2D eigenvalue weighted by atomic mass is 10.3. The summed E-state index contributed by atoms with van der Waals surface area (Å²) in [5.41, 5.74) is 5.55. The third-order valence-corrected chi connectivity index (χ3v) is 2.22. The molecule has 13 heavy (non-hydrogen) atoms. The first-order chi connectivity index (χ1) is 6.15. The van der Waals surface area contributed by atoms with E-state index in [0.29, 0.717) is 4.47 Å². The fraction of sp³-hybridized carbons (Fsp3) is 0.125. The molecule has 5 heteroatoms. The van der Waals surface area contributed by atoms with Crippen LogP contribution in [0.25, 0.3) is 0 Å². The van der Waals surface area contributed by atoms with Crippen molar-refractivity contribution in [2.24, 2.45) is 10.7 Å². The smallest absolute Gasteiger partial charge is 0.163 e. The van der Waals surface area contributed by atoms with Gasteiger partial charge in [0.2, 0.25) is 0 Å². The number of alkyl halides is 1. The first-order valence-corrected chi connectivity index (χ1v) is 4.81. The molecule has 0 aliphatic carbocycles. The minimum atomic E-state index is -0.435. The van der Waals surface area contributed by atoms with Crippen LogP contribution < -0.4 is 5.73 Å². The van der Waals surface area contributed by atoms with E-state index in [9.17, 15) is 4.39 Å². The van der Waals surface area contributed by atoms with Crippen LogP contribution in [0.4, 0.5) is 10.1 Å². The van der Waals surface area contributed by atoms with Crippen LogP contribution in [0.15, 0.2) is 27.7 Å². The molecule has 2 nitrogen and oxygen atoms in total. The highest BCUT2D eigenvalue weighted by atomic mass is 79.9. The number of halogens is 3. The van der Waals surface area contributed by atoms with Crippen molar-refractivity contribution in [2.45, 2.75) is 0 Å². The third-order valence-electron chi connectivity index (χ3n) is 1.33. The summed E-state index contributed by atoms with van der Waals surface area (Å²) in [6.45, 7) is 0. The molecule has 2 N–H and O–H groups in total. The van der Waals surface area contributed by atoms with Gasteiger partial charge in [-0.05, 0) is 28.1 Å². The van der Waals surface area contributed by atoms with Gasteiger partial charge in [0, 0.05) is 0 Å². The topological polar surface area (TPSA) is 38.4 Å². The highest BCUT2D eigenvalue weighted by molar-refractivity contribution is 9.10. The molecule has 0 aliphatic rings. The van der Waals surface area contributed by atoms with E-state index >= 15 is 0 Å². The number of rotatable bonds is 2. The second kappa shape index (κ2) is 4.58. The summed E-state index contributed by atoms with van der Waals surface area (Å²) in [5.74, 6) is -0.152. The number of aliphatic imine (C=N–C) groups is 1. The van der Waals surface area contributed by atoms with Crippen molar-refractivity contribution < 1.29 is 4.39 Å². The van der Waals surface area contributed by atoms with Crippen molar-refractivity contribution in [3.63, 3.8) is 0 Å². The highest BCUT2D eigenvalue weighted by Gasteiger charge is 2.04. The lowest BCUT2D eigenvalue weighted by Crippen LogP contribution is -2.12. The Morgan fingerprint density at radius 2 is 2.31 bits per heavy atom. The summed E-state index contributed by atoms with van der Waals surface area (Å²) in [6.07, 6.45) is 0. The molecular weight excluding hydrogens is 258 g/mol. The Morgan fingerprint density at radius 3 is 2.92 bits per heavy atom. The summed E-state index contributed by atoms with van der Waals surface area (Å²) in [5, 5.41) is 0. The second-order valence-corrected chi connectivity index (χ2v) is 3.43. The lowest BCUT2D eigenvalue weighted by Gasteiger charge is -1.99. The van der Waals surface area contributed by atoms with E-state index in [0.717, 1.165) is 0 Å². The van der Waals surface area contributed by atoms with Crippen LogP contribution in [0.5, 0.6) is 0 Å². The largest absolute Gasteiger partial charge is 0.386 e. The van der Waals surface area contributed by atoms with Crippen molar-refractivity contribution in [1.82, 2.24) is 0 Å². The monoisotopic (exact) mass is 264 g/mol. The molecule has 1 aromatic carbocycles. The third kappa shape index (κ3) is 2.67. The molecule has 0 atom stereocenters. The average Bonchev–Trinajstić information content (AvgIpc) is 2.13. The molecule has 0 unspecified atom stereocenters. The van der Waals surface area contributed by atoms with Crippen LogP contribution >= 0.6 is 27.5 Å². The molecule has 0 spiro atoms. The molecule has 0 radical (unpaired) electrons. The van der Waals surface area contributed by atoms with E-state index in [2.05, 4.69) is 20.9 Å². The van der Waals surface area contributed by atoms with Gasteiger partial charge >= 0.3 is 0 Å². The van der Waals surface area contributed by atoms with Crippen molar-refractivity contribution in [3.8, 4) is 0 Å². The standard InChI is InChI=1S/C8H7BrClFN2/c9-5-2-1-3-6(8(5)11)13-7(12)4-10/h1-3H,4H2,(H2,12,13). The van der Waals surface area contributed by atoms with Gasteiger partial charge in [-0.2, -0.15) is 0 Å². The van der Waals surface area contributed by atoms with E-state index in [1.54, 1.807) is 12.1 Å². The predicted molar refractivity (Wildman–Crippen MR) is 56.1 cm³/mol. The van der Waals surface area contributed by atoms with Crippen LogP contribution in [0.1, 0.15) is 0 Å². The van der Waals surface area contributed by atoms with Crippen LogP contribution in [0, 0.1) is 5.82 Å². The zero-order valence-electron chi connectivity index (χ0n) is 6.60. The van der Waals surface area contributed by atoms with Gasteiger partial charge in [-0.1, -0.05) is 6.07 Å². The van der Waals surface area contributed by atoms with Crippen molar-refractivity contribution in [1.29, 1.82) is 0 Å². The molecule has 1 aromatic rings. The second-order valence-electron chi connectivity index (χ2n) is 2.31. The zero-order valence-corrected chi connectivity index (χ0v) is 8.94. The Labute approximate surface area is 88.7 Å². The SMILES string of the molecule is NC(CCl)=Nc1cccc(Br)c1F. The maximum atomic E-state index is 13.2. The number of nitrogens with zero attached hydrogens (tertiary/aromatic N) is 1. The zero-order chi connectivity index (χ0) is 9.84. The van der Waals surface area contributed by atoms with Crippen LogP contribution in [-0.4, -0.2) is 11.7 Å². The summed E-state index contributed by atoms with van der Waals surface area (Å²) in [6, 6.07) is 4.79. The van der Waals surface area contributed by atoms with Crippen LogP contribution in [0.3, 0.4) is 0 Å². The molecule has 0 fully saturated rings. The number of hydrogen-bond donors (Lipinski definition) is 1. The molecule has 0 saturated carbocycles. The van der Waals surface area contributed by atoms with Gasteiger partial charge in [0.05, 0.1) is 10.4 Å². The maximum Gasteiger partial charge on any atom is 0.163 e. The molecule has 0 amide bonds. The van der Waals surface area contributed by atoms with Crippen LogP contribution in [0.2, 0.25) is 0 Å². The number of benzene rings is 1. The molecule has 70 valence electrons. The molecular formula is C8H7BrClFN2. The molecule has 0 aromatic heterocycles. The number of nitrogens with two attached hydrogens (primary N) is 1. The fourth-order valence-electron chi connectivity index (χ4n) is 0.763. The Bertz CT molecular complexity index is 341. The summed E-state index contributed by atoms with van der Waals surface area (Å²) in [7, 11) is 0. The average molecular weight is 266 g/mol.